The van der Waals surface area contributed by atoms with Gasteiger partial charge in [0.05, 0.1) is 23.6 Å². The molecule has 1 aliphatic rings. The Kier molecular flexibility index (Phi) is 9.75. The highest BCUT2D eigenvalue weighted by Crippen LogP contribution is 2.31. The second-order valence-electron chi connectivity index (χ2n) is 10.8. The zero-order chi connectivity index (χ0) is 31.3. The molecule has 2 aromatic heterocycles. The number of aromatic nitrogens is 4. The number of hydrogen-bond acceptors (Lipinski definition) is 8. The Bertz CT molecular complexity index is 1740. The molecule has 2 heterocycles. The summed E-state index contributed by atoms with van der Waals surface area (Å²) in [4.78, 5) is 37.4. The summed E-state index contributed by atoms with van der Waals surface area (Å²) in [5, 5.41) is 5.24. The Hall–Kier alpha value is -4.09. The third-order valence-corrected chi connectivity index (χ3v) is 9.25. The maximum Gasteiger partial charge on any atom is 0.223 e. The summed E-state index contributed by atoms with van der Waals surface area (Å²) >= 11 is 6.45. The molecule has 44 heavy (non-hydrogen) atoms. The Morgan fingerprint density at radius 3 is 2.34 bits per heavy atom. The van der Waals surface area contributed by atoms with Crippen LogP contribution in [0, 0.1) is 0 Å². The molecule has 0 radical (unpaired) electrons. The van der Waals surface area contributed by atoms with Gasteiger partial charge in [-0.15, -0.1) is 0 Å². The fourth-order valence-corrected chi connectivity index (χ4v) is 6.35. The molecular weight excluding hydrogens is 602 g/mol. The number of Topliss-reactive ketones (excluding diaryl/α,β-unsaturated/α-hetero) is 1. The summed E-state index contributed by atoms with van der Waals surface area (Å²) < 4.78 is 30.6. The van der Waals surface area contributed by atoms with Crippen molar-refractivity contribution in [3.05, 3.63) is 77.6 Å². The lowest BCUT2D eigenvalue weighted by atomic mass is 10.1. The highest BCUT2D eigenvalue weighted by Gasteiger charge is 2.27. The zero-order valence-corrected chi connectivity index (χ0v) is 26.2. The molecule has 230 valence electrons. The second kappa shape index (κ2) is 13.7. The third-order valence-electron chi connectivity index (χ3n) is 7.83. The molecule has 10 nitrogen and oxygen atoms in total. The quantitative estimate of drug-likeness (QED) is 0.187. The number of sulfone groups is 1. The average molecular weight is 636 g/mol. The number of hydrogen-bond donors (Lipinski definition) is 0. The van der Waals surface area contributed by atoms with Gasteiger partial charge in [0.2, 0.25) is 5.91 Å². The van der Waals surface area contributed by atoms with E-state index in [0.29, 0.717) is 41.1 Å². The van der Waals surface area contributed by atoms with Crippen molar-refractivity contribution >= 4 is 33.1 Å². The number of rotatable bonds is 12. The fourth-order valence-electron chi connectivity index (χ4n) is 5.47. The number of amides is 1. The molecule has 0 N–H and O–H groups in total. The average Bonchev–Trinajstić information content (AvgIpc) is 3.71. The third kappa shape index (κ3) is 7.34. The van der Waals surface area contributed by atoms with Gasteiger partial charge in [0, 0.05) is 60.8 Å². The van der Waals surface area contributed by atoms with Crippen LogP contribution in [0.2, 0.25) is 5.02 Å². The molecule has 1 aliphatic carbocycles. The molecule has 1 amide bonds. The summed E-state index contributed by atoms with van der Waals surface area (Å²) in [5.41, 5.74) is 1.95. The van der Waals surface area contributed by atoms with Crippen LogP contribution in [-0.4, -0.2) is 70.7 Å². The largest absolute Gasteiger partial charge is 0.495 e. The van der Waals surface area contributed by atoms with Crippen LogP contribution in [0.1, 0.15) is 48.9 Å². The number of halogens is 1. The Labute approximate surface area is 262 Å². The van der Waals surface area contributed by atoms with Gasteiger partial charge in [-0.25, -0.2) is 18.1 Å². The molecule has 0 unspecified atom stereocenters. The highest BCUT2D eigenvalue weighted by atomic mass is 35.5. The van der Waals surface area contributed by atoms with Crippen molar-refractivity contribution in [3.63, 3.8) is 0 Å². The smallest absolute Gasteiger partial charge is 0.223 e. The van der Waals surface area contributed by atoms with Gasteiger partial charge < -0.3 is 9.64 Å². The van der Waals surface area contributed by atoms with Gasteiger partial charge in [-0.2, -0.15) is 5.10 Å². The number of carbonyl (C=O) groups excluding carboxylic acids is 2. The molecule has 5 rings (SSSR count). The van der Waals surface area contributed by atoms with Crippen molar-refractivity contribution in [2.24, 2.45) is 0 Å². The van der Waals surface area contributed by atoms with Gasteiger partial charge in [0.25, 0.3) is 0 Å². The van der Waals surface area contributed by atoms with E-state index in [4.69, 9.17) is 26.4 Å². The van der Waals surface area contributed by atoms with Crippen LogP contribution in [0.25, 0.3) is 22.8 Å². The van der Waals surface area contributed by atoms with Gasteiger partial charge in [-0.1, -0.05) is 36.6 Å². The molecule has 1 saturated carbocycles. The maximum atomic E-state index is 13.6. The first kappa shape index (κ1) is 31.3. The lowest BCUT2D eigenvalue weighted by molar-refractivity contribution is -0.133. The van der Waals surface area contributed by atoms with E-state index in [2.05, 4.69) is 4.98 Å². The van der Waals surface area contributed by atoms with Gasteiger partial charge in [0.15, 0.2) is 27.3 Å². The first-order valence-electron chi connectivity index (χ1n) is 14.5. The van der Waals surface area contributed by atoms with E-state index in [1.54, 1.807) is 36.3 Å². The van der Waals surface area contributed by atoms with Crippen LogP contribution in [0.3, 0.4) is 0 Å². The number of ether oxygens (including phenoxy) is 1. The Balaban J connectivity index is 1.34. The predicted molar refractivity (Wildman–Crippen MR) is 167 cm³/mol. The second-order valence-corrected chi connectivity index (χ2v) is 13.2. The van der Waals surface area contributed by atoms with E-state index in [0.717, 1.165) is 43.1 Å². The van der Waals surface area contributed by atoms with Crippen LogP contribution in [0.4, 0.5) is 0 Å². The number of ketones is 1. The number of pyridine rings is 1. The van der Waals surface area contributed by atoms with E-state index in [-0.39, 0.29) is 35.5 Å². The minimum absolute atomic E-state index is 0.0331. The van der Waals surface area contributed by atoms with Crippen molar-refractivity contribution < 1.29 is 22.7 Å². The van der Waals surface area contributed by atoms with E-state index < -0.39 is 9.84 Å². The topological polar surface area (TPSA) is 124 Å². The van der Waals surface area contributed by atoms with Crippen LogP contribution in [0.5, 0.6) is 5.75 Å². The van der Waals surface area contributed by atoms with Crippen molar-refractivity contribution in [3.8, 4) is 28.5 Å². The molecule has 4 aromatic rings. The molecule has 0 atom stereocenters. The van der Waals surface area contributed by atoms with Crippen LogP contribution < -0.4 is 4.74 Å². The van der Waals surface area contributed by atoms with Gasteiger partial charge in [0.1, 0.15) is 5.75 Å². The Morgan fingerprint density at radius 1 is 1.00 bits per heavy atom. The molecule has 0 spiro atoms. The number of carbonyl (C=O) groups is 2. The van der Waals surface area contributed by atoms with Crippen molar-refractivity contribution in [1.82, 2.24) is 24.6 Å². The van der Waals surface area contributed by atoms with Crippen molar-refractivity contribution in [1.29, 1.82) is 0 Å². The summed E-state index contributed by atoms with van der Waals surface area (Å²) in [6.45, 7) is 0.789. The monoisotopic (exact) mass is 635 g/mol. The molecule has 0 aliphatic heterocycles. The van der Waals surface area contributed by atoms with Crippen LogP contribution in [0.15, 0.2) is 71.9 Å². The van der Waals surface area contributed by atoms with E-state index in [9.17, 15) is 18.0 Å². The van der Waals surface area contributed by atoms with Crippen molar-refractivity contribution in [2.75, 3.05) is 19.9 Å². The maximum absolute atomic E-state index is 13.6. The standard InChI is InChI=1S/C32H34ClN5O5S/c1-43-29-13-9-24(21-27(29)33)32-35-31(23-15-17-34-18-16-23)36-38(32)20-19-37(25-5-3-4-6-25)30(40)14-12-28(39)22-7-10-26(11-8-22)44(2,41)42/h7-11,13,15-18,21,25H,3-6,12,14,19-20H2,1-2H3. The molecular formula is C32H34ClN5O5S. The van der Waals surface area contributed by atoms with Crippen LogP contribution in [-0.2, 0) is 21.2 Å². The molecule has 0 bridgehead atoms. The molecule has 12 heteroatoms. The number of benzene rings is 2. The van der Waals surface area contributed by atoms with Gasteiger partial charge >= 0.3 is 0 Å². The van der Waals surface area contributed by atoms with E-state index in [1.807, 2.05) is 23.1 Å². The first-order valence-corrected chi connectivity index (χ1v) is 16.7. The summed E-state index contributed by atoms with van der Waals surface area (Å²) in [5.74, 6) is 1.38. The van der Waals surface area contributed by atoms with Gasteiger partial charge in [-0.3, -0.25) is 14.6 Å². The Morgan fingerprint density at radius 2 is 1.70 bits per heavy atom. The zero-order valence-electron chi connectivity index (χ0n) is 24.6. The number of nitrogens with zero attached hydrogens (tertiary/aromatic N) is 5. The summed E-state index contributed by atoms with van der Waals surface area (Å²) in [6, 6.07) is 15.0. The van der Waals surface area contributed by atoms with Crippen molar-refractivity contribution in [2.45, 2.75) is 56.0 Å². The molecule has 1 fully saturated rings. The van der Waals surface area contributed by atoms with E-state index >= 15 is 0 Å². The normalized spacial score (nSPS) is 13.6. The fraction of sp³-hybridized carbons (Fsp3) is 0.344. The lowest BCUT2D eigenvalue weighted by Crippen LogP contribution is -2.41. The molecule has 0 saturated heterocycles. The van der Waals surface area contributed by atoms with Crippen LogP contribution >= 0.6 is 11.6 Å². The minimum Gasteiger partial charge on any atom is -0.495 e. The lowest BCUT2D eigenvalue weighted by Gasteiger charge is -2.29. The molecule has 2 aromatic carbocycles. The number of methoxy groups -OCH3 is 1. The van der Waals surface area contributed by atoms with E-state index in [1.165, 1.54) is 24.3 Å². The summed E-state index contributed by atoms with van der Waals surface area (Å²) in [6.07, 6.45) is 8.49. The SMILES string of the molecule is COc1ccc(-c2nc(-c3ccncc3)nn2CCN(C(=O)CCC(=O)c2ccc(S(C)(=O)=O)cc2)C2CCCC2)cc1Cl. The highest BCUT2D eigenvalue weighted by molar-refractivity contribution is 7.90. The minimum atomic E-state index is -3.36. The predicted octanol–water partition coefficient (Wildman–Crippen LogP) is 5.51. The first-order chi connectivity index (χ1) is 21.1. The summed E-state index contributed by atoms with van der Waals surface area (Å²) in [7, 11) is -1.80. The van der Waals surface area contributed by atoms with Gasteiger partial charge in [-0.05, 0) is 55.3 Å².